The molecule has 3 aromatic heterocycles. The van der Waals surface area contributed by atoms with Crippen molar-refractivity contribution < 1.29 is 14.0 Å². The van der Waals surface area contributed by atoms with Gasteiger partial charge in [-0.3, -0.25) is 9.59 Å². The smallest absolute Gasteiger partial charge is 0.291 e. The molecule has 1 fully saturated rings. The highest BCUT2D eigenvalue weighted by atomic mass is 32.1. The average molecular weight is 433 g/mol. The molecule has 4 heterocycles. The Bertz CT molecular complexity index is 1250. The minimum absolute atomic E-state index is 0.209. The van der Waals surface area contributed by atoms with Crippen LogP contribution in [0.3, 0.4) is 0 Å². The summed E-state index contributed by atoms with van der Waals surface area (Å²) in [5.41, 5.74) is 1.51. The first-order valence-electron chi connectivity index (χ1n) is 9.95. The van der Waals surface area contributed by atoms with Crippen molar-refractivity contribution >= 4 is 50.8 Å². The summed E-state index contributed by atoms with van der Waals surface area (Å²) in [5, 5.41) is 6.20. The fraction of sp³-hybridized carbons (Fsp3) is 0.182. The normalized spacial score (nSPS) is 13.5. The molecule has 8 nitrogen and oxygen atoms in total. The predicted molar refractivity (Wildman–Crippen MR) is 120 cm³/mol. The van der Waals surface area contributed by atoms with Crippen LogP contribution in [0.5, 0.6) is 0 Å². The molecule has 1 aliphatic rings. The second-order valence-corrected chi connectivity index (χ2v) is 8.21. The van der Waals surface area contributed by atoms with Crippen molar-refractivity contribution in [1.29, 1.82) is 0 Å². The molecule has 0 atom stereocenters. The molecule has 2 amide bonds. The molecular formula is C22H19N5O3S. The zero-order valence-corrected chi connectivity index (χ0v) is 17.3. The molecule has 1 aliphatic heterocycles. The molecule has 9 heteroatoms. The number of para-hydroxylation sites is 2. The third-order valence-corrected chi connectivity index (χ3v) is 6.00. The van der Waals surface area contributed by atoms with E-state index in [0.29, 0.717) is 21.5 Å². The fourth-order valence-corrected chi connectivity index (χ4v) is 4.30. The Labute approximate surface area is 181 Å². The molecule has 156 valence electrons. The number of aromatic nitrogens is 2. The molecule has 0 radical (unpaired) electrons. The summed E-state index contributed by atoms with van der Waals surface area (Å²) in [6, 6.07) is 14.2. The zero-order valence-electron chi connectivity index (χ0n) is 16.5. The van der Waals surface area contributed by atoms with Crippen LogP contribution in [0.2, 0.25) is 0 Å². The maximum absolute atomic E-state index is 12.9. The molecule has 0 unspecified atom stereocenters. The maximum atomic E-state index is 12.9. The second-order valence-electron chi connectivity index (χ2n) is 7.13. The lowest BCUT2D eigenvalue weighted by molar-refractivity contribution is 0.0995. The standard InChI is InChI=1S/C22H19N5O3S/c28-21(16-8-5-13-30-16)25-18-10-9-17(31-18)22(29)26-19-20(27-11-3-4-12-27)24-15-7-2-1-6-14(15)23-19/h1-2,5-10,13H,3-4,11-12H2,(H,25,28)(H,23,26,29). The van der Waals surface area contributed by atoms with E-state index in [0.717, 1.165) is 37.0 Å². The summed E-state index contributed by atoms with van der Waals surface area (Å²) >= 11 is 1.18. The largest absolute Gasteiger partial charge is 0.459 e. The number of hydrogen-bond donors (Lipinski definition) is 2. The van der Waals surface area contributed by atoms with E-state index in [2.05, 4.69) is 20.5 Å². The minimum atomic E-state index is -0.365. The van der Waals surface area contributed by atoms with Crippen LogP contribution < -0.4 is 15.5 Å². The van der Waals surface area contributed by atoms with E-state index in [4.69, 9.17) is 9.40 Å². The third kappa shape index (κ3) is 3.99. The number of thiophene rings is 1. The molecule has 0 spiro atoms. The molecule has 1 aromatic carbocycles. The SMILES string of the molecule is O=C(Nc1ccc(C(=O)Nc2nc3ccccc3nc2N2CCCC2)s1)c1ccco1. The number of fused-ring (bicyclic) bond motifs is 1. The first kappa shape index (κ1) is 19.3. The molecule has 2 N–H and O–H groups in total. The Morgan fingerprint density at radius 1 is 0.903 bits per heavy atom. The number of nitrogens with zero attached hydrogens (tertiary/aromatic N) is 3. The van der Waals surface area contributed by atoms with Crippen molar-refractivity contribution in [3.63, 3.8) is 0 Å². The Morgan fingerprint density at radius 3 is 2.42 bits per heavy atom. The number of hydrogen-bond acceptors (Lipinski definition) is 7. The number of carbonyl (C=O) groups excluding carboxylic acids is 2. The quantitative estimate of drug-likeness (QED) is 0.484. The lowest BCUT2D eigenvalue weighted by Gasteiger charge is -2.20. The van der Waals surface area contributed by atoms with E-state index >= 15 is 0 Å². The Kier molecular flexibility index (Phi) is 5.09. The van der Waals surface area contributed by atoms with Crippen LogP contribution in [0.25, 0.3) is 11.0 Å². The van der Waals surface area contributed by atoms with Crippen molar-refractivity contribution in [3.05, 3.63) is 65.4 Å². The number of amides is 2. The molecule has 5 rings (SSSR count). The lowest BCUT2D eigenvalue weighted by Crippen LogP contribution is -2.23. The van der Waals surface area contributed by atoms with Crippen LogP contribution in [0.1, 0.15) is 33.1 Å². The topological polar surface area (TPSA) is 100 Å². The van der Waals surface area contributed by atoms with Gasteiger partial charge in [-0.15, -0.1) is 11.3 Å². The highest BCUT2D eigenvalue weighted by Crippen LogP contribution is 2.29. The first-order valence-corrected chi connectivity index (χ1v) is 10.8. The zero-order chi connectivity index (χ0) is 21.2. The molecule has 1 saturated heterocycles. The van der Waals surface area contributed by atoms with Gasteiger partial charge in [0.15, 0.2) is 17.4 Å². The van der Waals surface area contributed by atoms with Gasteiger partial charge in [0.1, 0.15) is 0 Å². The van der Waals surface area contributed by atoms with Gasteiger partial charge in [-0.25, -0.2) is 9.97 Å². The van der Waals surface area contributed by atoms with E-state index in [1.165, 1.54) is 17.6 Å². The van der Waals surface area contributed by atoms with Crippen LogP contribution >= 0.6 is 11.3 Å². The third-order valence-electron chi connectivity index (χ3n) is 5.00. The molecular weight excluding hydrogens is 414 g/mol. The van der Waals surface area contributed by atoms with Gasteiger partial charge in [0, 0.05) is 13.1 Å². The Hall–Kier alpha value is -3.72. The van der Waals surface area contributed by atoms with E-state index < -0.39 is 0 Å². The van der Waals surface area contributed by atoms with Crippen LogP contribution in [0.15, 0.2) is 59.2 Å². The summed E-state index contributed by atoms with van der Waals surface area (Å²) in [7, 11) is 0. The van der Waals surface area contributed by atoms with Crippen LogP contribution in [-0.4, -0.2) is 34.9 Å². The van der Waals surface area contributed by atoms with E-state index in [-0.39, 0.29) is 17.6 Å². The summed E-state index contributed by atoms with van der Waals surface area (Å²) < 4.78 is 5.09. The first-order chi connectivity index (χ1) is 15.2. The summed E-state index contributed by atoms with van der Waals surface area (Å²) in [4.78, 5) is 37.1. The van der Waals surface area contributed by atoms with Gasteiger partial charge in [0.05, 0.1) is 27.2 Å². The van der Waals surface area contributed by atoms with Crippen molar-refractivity contribution in [1.82, 2.24) is 9.97 Å². The summed E-state index contributed by atoms with van der Waals surface area (Å²) in [6.45, 7) is 1.77. The van der Waals surface area contributed by atoms with Crippen molar-refractivity contribution in [3.8, 4) is 0 Å². The molecule has 0 aliphatic carbocycles. The van der Waals surface area contributed by atoms with Gasteiger partial charge in [0.25, 0.3) is 11.8 Å². The van der Waals surface area contributed by atoms with Crippen LogP contribution in [0, 0.1) is 0 Å². The van der Waals surface area contributed by atoms with E-state index in [1.807, 2.05) is 24.3 Å². The number of benzene rings is 1. The van der Waals surface area contributed by atoms with Crippen LogP contribution in [-0.2, 0) is 0 Å². The van der Waals surface area contributed by atoms with Gasteiger partial charge in [-0.05, 0) is 49.2 Å². The highest BCUT2D eigenvalue weighted by molar-refractivity contribution is 7.18. The van der Waals surface area contributed by atoms with Crippen molar-refractivity contribution in [2.75, 3.05) is 28.6 Å². The minimum Gasteiger partial charge on any atom is -0.459 e. The highest BCUT2D eigenvalue weighted by Gasteiger charge is 2.22. The number of furan rings is 1. The average Bonchev–Trinajstić information content (AvgIpc) is 3.56. The van der Waals surface area contributed by atoms with Gasteiger partial charge < -0.3 is 20.0 Å². The van der Waals surface area contributed by atoms with E-state index in [9.17, 15) is 9.59 Å². The summed E-state index contributed by atoms with van der Waals surface area (Å²) in [5.74, 6) is 0.678. The van der Waals surface area contributed by atoms with Gasteiger partial charge in [-0.1, -0.05) is 12.1 Å². The molecule has 4 aromatic rings. The Balaban J connectivity index is 1.38. The second kappa shape index (κ2) is 8.19. The fourth-order valence-electron chi connectivity index (χ4n) is 3.50. The monoisotopic (exact) mass is 433 g/mol. The molecule has 0 saturated carbocycles. The van der Waals surface area contributed by atoms with Crippen molar-refractivity contribution in [2.45, 2.75) is 12.8 Å². The predicted octanol–water partition coefficient (Wildman–Crippen LogP) is 4.39. The number of anilines is 3. The van der Waals surface area contributed by atoms with Crippen LogP contribution in [0.4, 0.5) is 16.6 Å². The molecule has 0 bridgehead atoms. The van der Waals surface area contributed by atoms with Gasteiger partial charge in [0.2, 0.25) is 0 Å². The summed E-state index contributed by atoms with van der Waals surface area (Å²) in [6.07, 6.45) is 3.61. The van der Waals surface area contributed by atoms with E-state index in [1.54, 1.807) is 24.3 Å². The lowest BCUT2D eigenvalue weighted by atomic mass is 10.3. The van der Waals surface area contributed by atoms with Crippen molar-refractivity contribution in [2.24, 2.45) is 0 Å². The molecule has 31 heavy (non-hydrogen) atoms. The number of nitrogens with one attached hydrogen (secondary N) is 2. The Morgan fingerprint density at radius 2 is 1.68 bits per heavy atom. The number of rotatable bonds is 5. The number of carbonyl (C=O) groups is 2. The van der Waals surface area contributed by atoms with Gasteiger partial charge >= 0.3 is 0 Å². The maximum Gasteiger partial charge on any atom is 0.291 e. The van der Waals surface area contributed by atoms with Gasteiger partial charge in [-0.2, -0.15) is 0 Å².